The van der Waals surface area contributed by atoms with E-state index in [-0.39, 0.29) is 24.2 Å². The summed E-state index contributed by atoms with van der Waals surface area (Å²) in [4.78, 5) is 14.1. The van der Waals surface area contributed by atoms with Gasteiger partial charge in [0.2, 0.25) is 0 Å². The SMILES string of the molecule is CCOC(=O)CC(c1cc(Br)ccc1F)N1CCCCC1. The van der Waals surface area contributed by atoms with Crippen LogP contribution in [0.2, 0.25) is 0 Å². The van der Waals surface area contributed by atoms with E-state index >= 15 is 0 Å². The van der Waals surface area contributed by atoms with Crippen LogP contribution in [-0.2, 0) is 9.53 Å². The molecule has 5 heteroatoms. The molecular weight excluding hydrogens is 337 g/mol. The molecule has 1 heterocycles. The van der Waals surface area contributed by atoms with Gasteiger partial charge in [0.1, 0.15) is 5.82 Å². The fourth-order valence-corrected chi connectivity index (χ4v) is 3.19. The smallest absolute Gasteiger partial charge is 0.307 e. The van der Waals surface area contributed by atoms with Crippen molar-refractivity contribution in [1.82, 2.24) is 4.90 Å². The molecule has 116 valence electrons. The predicted octanol–water partition coefficient (Wildman–Crippen LogP) is 4.07. The third-order valence-electron chi connectivity index (χ3n) is 3.81. The summed E-state index contributed by atoms with van der Waals surface area (Å²) in [6.07, 6.45) is 3.58. The maximum Gasteiger partial charge on any atom is 0.307 e. The molecule has 0 radical (unpaired) electrons. The molecule has 0 bridgehead atoms. The van der Waals surface area contributed by atoms with E-state index in [1.165, 1.54) is 12.5 Å². The minimum Gasteiger partial charge on any atom is -0.466 e. The van der Waals surface area contributed by atoms with Crippen molar-refractivity contribution in [2.24, 2.45) is 0 Å². The average Bonchev–Trinajstić information content (AvgIpc) is 2.49. The van der Waals surface area contributed by atoms with Gasteiger partial charge in [-0.25, -0.2) is 4.39 Å². The Hall–Kier alpha value is -0.940. The van der Waals surface area contributed by atoms with Gasteiger partial charge < -0.3 is 4.74 Å². The molecule has 0 amide bonds. The van der Waals surface area contributed by atoms with E-state index in [2.05, 4.69) is 20.8 Å². The second-order valence-electron chi connectivity index (χ2n) is 5.29. The normalized spacial score (nSPS) is 17.5. The summed E-state index contributed by atoms with van der Waals surface area (Å²) in [6.45, 7) is 3.94. The average molecular weight is 358 g/mol. The molecule has 1 aromatic carbocycles. The molecule has 21 heavy (non-hydrogen) atoms. The van der Waals surface area contributed by atoms with Crippen molar-refractivity contribution in [3.63, 3.8) is 0 Å². The van der Waals surface area contributed by atoms with Crippen molar-refractivity contribution in [2.45, 2.75) is 38.6 Å². The third kappa shape index (κ3) is 4.51. The predicted molar refractivity (Wildman–Crippen MR) is 83.5 cm³/mol. The molecule has 0 saturated carbocycles. The van der Waals surface area contributed by atoms with Crippen molar-refractivity contribution in [1.29, 1.82) is 0 Å². The highest BCUT2D eigenvalue weighted by Crippen LogP contribution is 2.31. The quantitative estimate of drug-likeness (QED) is 0.744. The van der Waals surface area contributed by atoms with Gasteiger partial charge in [0, 0.05) is 16.1 Å². The number of esters is 1. The van der Waals surface area contributed by atoms with Gasteiger partial charge >= 0.3 is 5.97 Å². The van der Waals surface area contributed by atoms with Crippen LogP contribution in [0.1, 0.15) is 44.2 Å². The number of piperidine rings is 1. The number of carbonyl (C=O) groups is 1. The lowest BCUT2D eigenvalue weighted by Gasteiger charge is -2.34. The number of benzene rings is 1. The van der Waals surface area contributed by atoms with Gasteiger partial charge in [-0.2, -0.15) is 0 Å². The Labute approximate surface area is 133 Å². The number of halogens is 2. The molecule has 0 aromatic heterocycles. The summed E-state index contributed by atoms with van der Waals surface area (Å²) in [7, 11) is 0. The highest BCUT2D eigenvalue weighted by molar-refractivity contribution is 9.10. The molecule has 1 unspecified atom stereocenters. The number of carbonyl (C=O) groups excluding carboxylic acids is 1. The first-order valence-electron chi connectivity index (χ1n) is 7.46. The Kier molecular flexibility index (Phi) is 6.18. The van der Waals surface area contributed by atoms with Crippen molar-refractivity contribution < 1.29 is 13.9 Å². The summed E-state index contributed by atoms with van der Waals surface area (Å²) in [5, 5.41) is 0. The van der Waals surface area contributed by atoms with E-state index in [1.807, 2.05) is 0 Å². The Bertz CT molecular complexity index is 489. The zero-order chi connectivity index (χ0) is 15.2. The van der Waals surface area contributed by atoms with E-state index in [1.54, 1.807) is 19.1 Å². The first kappa shape index (κ1) is 16.4. The number of ether oxygens (including phenoxy) is 1. The first-order valence-corrected chi connectivity index (χ1v) is 8.25. The molecule has 0 N–H and O–H groups in total. The third-order valence-corrected chi connectivity index (χ3v) is 4.31. The monoisotopic (exact) mass is 357 g/mol. The summed E-state index contributed by atoms with van der Waals surface area (Å²) in [5.74, 6) is -0.537. The molecule has 0 spiro atoms. The minimum atomic E-state index is -0.271. The van der Waals surface area contributed by atoms with Crippen molar-refractivity contribution in [2.75, 3.05) is 19.7 Å². The van der Waals surface area contributed by atoms with Crippen LogP contribution in [-0.4, -0.2) is 30.6 Å². The van der Waals surface area contributed by atoms with Gasteiger partial charge in [0.25, 0.3) is 0 Å². The Balaban J connectivity index is 2.25. The lowest BCUT2D eigenvalue weighted by Crippen LogP contribution is -2.35. The summed E-state index contributed by atoms with van der Waals surface area (Å²) < 4.78 is 20.1. The number of rotatable bonds is 5. The van der Waals surface area contributed by atoms with E-state index in [4.69, 9.17) is 4.74 Å². The van der Waals surface area contributed by atoms with Gasteiger partial charge in [-0.15, -0.1) is 0 Å². The molecule has 1 fully saturated rings. The number of nitrogens with zero attached hydrogens (tertiary/aromatic N) is 1. The molecule has 3 nitrogen and oxygen atoms in total. The van der Waals surface area contributed by atoms with Crippen LogP contribution in [0.3, 0.4) is 0 Å². The zero-order valence-electron chi connectivity index (χ0n) is 12.3. The molecule has 1 aliphatic rings. The van der Waals surface area contributed by atoms with Crippen LogP contribution >= 0.6 is 15.9 Å². The van der Waals surface area contributed by atoms with E-state index in [0.29, 0.717) is 12.2 Å². The van der Waals surface area contributed by atoms with Gasteiger partial charge in [0.15, 0.2) is 0 Å². The fraction of sp³-hybridized carbons (Fsp3) is 0.562. The van der Waals surface area contributed by atoms with E-state index in [0.717, 1.165) is 30.4 Å². The second kappa shape index (κ2) is 7.90. The van der Waals surface area contributed by atoms with Crippen molar-refractivity contribution >= 4 is 21.9 Å². The lowest BCUT2D eigenvalue weighted by molar-refractivity contribution is -0.144. The van der Waals surface area contributed by atoms with E-state index < -0.39 is 0 Å². The molecule has 1 aromatic rings. The van der Waals surface area contributed by atoms with Crippen molar-refractivity contribution in [3.8, 4) is 0 Å². The maximum atomic E-state index is 14.2. The number of hydrogen-bond donors (Lipinski definition) is 0. The van der Waals surface area contributed by atoms with Crippen LogP contribution in [0.4, 0.5) is 4.39 Å². The second-order valence-corrected chi connectivity index (χ2v) is 6.20. The van der Waals surface area contributed by atoms with E-state index in [9.17, 15) is 9.18 Å². The standard InChI is InChI=1S/C16H21BrFNO2/c1-2-21-16(20)11-15(19-8-4-3-5-9-19)13-10-12(17)6-7-14(13)18/h6-7,10,15H,2-5,8-9,11H2,1H3. The molecule has 1 atom stereocenters. The molecular formula is C16H21BrFNO2. The Morgan fingerprint density at radius 2 is 2.10 bits per heavy atom. The Morgan fingerprint density at radius 3 is 2.76 bits per heavy atom. The summed E-state index contributed by atoms with van der Waals surface area (Å²) in [5.41, 5.74) is 0.569. The lowest BCUT2D eigenvalue weighted by atomic mass is 9.98. The zero-order valence-corrected chi connectivity index (χ0v) is 13.9. The first-order chi connectivity index (χ1) is 10.1. The molecule has 2 rings (SSSR count). The van der Waals surface area contributed by atoms with Gasteiger partial charge in [0.05, 0.1) is 13.0 Å². The maximum absolute atomic E-state index is 14.2. The topological polar surface area (TPSA) is 29.5 Å². The summed E-state index contributed by atoms with van der Waals surface area (Å²) >= 11 is 3.38. The van der Waals surface area contributed by atoms with Crippen LogP contribution in [0.25, 0.3) is 0 Å². The van der Waals surface area contributed by atoms with Gasteiger partial charge in [-0.3, -0.25) is 9.69 Å². The molecule has 1 aliphatic heterocycles. The van der Waals surface area contributed by atoms with Crippen LogP contribution < -0.4 is 0 Å². The molecule has 0 aliphatic carbocycles. The van der Waals surface area contributed by atoms with Crippen LogP contribution in [0.15, 0.2) is 22.7 Å². The summed E-state index contributed by atoms with van der Waals surface area (Å²) in [6, 6.07) is 4.65. The Morgan fingerprint density at radius 1 is 1.38 bits per heavy atom. The number of hydrogen-bond acceptors (Lipinski definition) is 3. The van der Waals surface area contributed by atoms with Crippen LogP contribution in [0, 0.1) is 5.82 Å². The fourth-order valence-electron chi connectivity index (χ4n) is 2.81. The molecule has 1 saturated heterocycles. The van der Waals surface area contributed by atoms with Gasteiger partial charge in [-0.05, 0) is 51.1 Å². The largest absolute Gasteiger partial charge is 0.466 e. The minimum absolute atomic E-state index is 0.196. The van der Waals surface area contributed by atoms with Crippen molar-refractivity contribution in [3.05, 3.63) is 34.1 Å². The van der Waals surface area contributed by atoms with Crippen LogP contribution in [0.5, 0.6) is 0 Å². The number of likely N-dealkylation sites (tertiary alicyclic amines) is 1. The van der Waals surface area contributed by atoms with Gasteiger partial charge in [-0.1, -0.05) is 22.4 Å². The highest BCUT2D eigenvalue weighted by Gasteiger charge is 2.27. The highest BCUT2D eigenvalue weighted by atomic mass is 79.9.